The van der Waals surface area contributed by atoms with E-state index < -0.39 is 5.97 Å². The van der Waals surface area contributed by atoms with Gasteiger partial charge in [-0.2, -0.15) is 0 Å². The van der Waals surface area contributed by atoms with Crippen LogP contribution in [0, 0.1) is 0 Å². The van der Waals surface area contributed by atoms with Crippen molar-refractivity contribution in [3.05, 3.63) is 29.8 Å². The molecule has 1 rings (SSSR count). The van der Waals surface area contributed by atoms with E-state index in [2.05, 4.69) is 0 Å². The Labute approximate surface area is 91.2 Å². The lowest BCUT2D eigenvalue weighted by molar-refractivity contribution is -0.133. The molecule has 0 unspecified atom stereocenters. The van der Waals surface area contributed by atoms with Crippen LogP contribution >= 0.6 is 11.8 Å². The number of carboxylic acids is 1. The summed E-state index contributed by atoms with van der Waals surface area (Å²) in [6, 6.07) is 6.54. The number of ether oxygens (including phenoxy) is 1. The van der Waals surface area contributed by atoms with Gasteiger partial charge in [0.2, 0.25) is 5.12 Å². The van der Waals surface area contributed by atoms with Crippen molar-refractivity contribution < 1.29 is 19.4 Å². The fourth-order valence-electron chi connectivity index (χ4n) is 0.938. The van der Waals surface area contributed by atoms with Gasteiger partial charge in [0.15, 0.2) is 0 Å². The number of rotatable bonds is 4. The topological polar surface area (TPSA) is 63.6 Å². The molecule has 1 aromatic carbocycles. The molecule has 0 radical (unpaired) electrons. The lowest BCUT2D eigenvalue weighted by atomic mass is 10.2. The lowest BCUT2D eigenvalue weighted by Crippen LogP contribution is -2.02. The fourth-order valence-corrected chi connectivity index (χ4v) is 1.50. The average molecular weight is 226 g/mol. The van der Waals surface area contributed by atoms with Crippen molar-refractivity contribution in [1.82, 2.24) is 0 Å². The SMILES string of the molecule is COc1ccc(C(=O)SCC(=O)O)cc1. The van der Waals surface area contributed by atoms with Crippen molar-refractivity contribution in [1.29, 1.82) is 0 Å². The Morgan fingerprint density at radius 3 is 2.40 bits per heavy atom. The maximum Gasteiger partial charge on any atom is 0.313 e. The molecule has 0 saturated heterocycles. The molecule has 0 fully saturated rings. The third-order valence-electron chi connectivity index (χ3n) is 1.65. The van der Waals surface area contributed by atoms with E-state index in [9.17, 15) is 9.59 Å². The number of carboxylic acid groups (broad SMARTS) is 1. The van der Waals surface area contributed by atoms with Crippen LogP contribution < -0.4 is 4.74 Å². The summed E-state index contributed by atoms with van der Waals surface area (Å²) < 4.78 is 4.93. The number of benzene rings is 1. The summed E-state index contributed by atoms with van der Waals surface area (Å²) in [6.45, 7) is 0. The molecule has 0 aliphatic carbocycles. The van der Waals surface area contributed by atoms with Crippen LogP contribution in [0.2, 0.25) is 0 Å². The van der Waals surface area contributed by atoms with E-state index in [-0.39, 0.29) is 10.9 Å². The van der Waals surface area contributed by atoms with Gasteiger partial charge in [0.1, 0.15) is 5.75 Å². The van der Waals surface area contributed by atoms with E-state index in [0.29, 0.717) is 11.3 Å². The zero-order valence-electron chi connectivity index (χ0n) is 8.10. The average Bonchev–Trinajstić information content (AvgIpc) is 2.26. The number of carbonyl (C=O) groups is 2. The van der Waals surface area contributed by atoms with E-state index in [1.165, 1.54) is 7.11 Å². The Kier molecular flexibility index (Phi) is 4.17. The minimum Gasteiger partial charge on any atom is -0.497 e. The van der Waals surface area contributed by atoms with E-state index in [1.54, 1.807) is 24.3 Å². The number of hydrogen-bond donors (Lipinski definition) is 1. The van der Waals surface area contributed by atoms with Crippen LogP contribution in [0.5, 0.6) is 5.75 Å². The molecule has 5 heteroatoms. The zero-order valence-corrected chi connectivity index (χ0v) is 8.91. The Hall–Kier alpha value is -1.49. The minimum atomic E-state index is -0.998. The highest BCUT2D eigenvalue weighted by molar-refractivity contribution is 8.14. The van der Waals surface area contributed by atoms with Gasteiger partial charge in [-0.3, -0.25) is 9.59 Å². The molecule has 0 aromatic heterocycles. The van der Waals surface area contributed by atoms with Gasteiger partial charge < -0.3 is 9.84 Å². The smallest absolute Gasteiger partial charge is 0.313 e. The van der Waals surface area contributed by atoms with Crippen molar-refractivity contribution in [2.24, 2.45) is 0 Å². The summed E-state index contributed by atoms with van der Waals surface area (Å²) in [5.74, 6) is -0.554. The van der Waals surface area contributed by atoms with E-state index in [4.69, 9.17) is 9.84 Å². The number of hydrogen-bond acceptors (Lipinski definition) is 4. The molecule has 0 spiro atoms. The van der Waals surface area contributed by atoms with Gasteiger partial charge in [0.05, 0.1) is 12.9 Å². The minimum absolute atomic E-state index is 0.217. The van der Waals surface area contributed by atoms with Crippen LogP contribution in [-0.2, 0) is 4.79 Å². The van der Waals surface area contributed by atoms with Crippen LogP contribution in [-0.4, -0.2) is 29.1 Å². The molecule has 15 heavy (non-hydrogen) atoms. The van der Waals surface area contributed by atoms with E-state index in [1.807, 2.05) is 0 Å². The zero-order chi connectivity index (χ0) is 11.3. The predicted octanol–water partition coefficient (Wildman–Crippen LogP) is 1.65. The molecule has 0 saturated carbocycles. The van der Waals surface area contributed by atoms with E-state index in [0.717, 1.165) is 11.8 Å². The largest absolute Gasteiger partial charge is 0.497 e. The van der Waals surface area contributed by atoms with Gasteiger partial charge in [-0.05, 0) is 24.3 Å². The van der Waals surface area contributed by atoms with Gasteiger partial charge in [0.25, 0.3) is 0 Å². The Morgan fingerprint density at radius 1 is 1.33 bits per heavy atom. The van der Waals surface area contributed by atoms with Crippen molar-refractivity contribution in [2.45, 2.75) is 0 Å². The summed E-state index contributed by atoms with van der Waals surface area (Å²) in [4.78, 5) is 21.7. The van der Waals surface area contributed by atoms with Crippen LogP contribution in [0.15, 0.2) is 24.3 Å². The molecule has 0 aliphatic rings. The van der Waals surface area contributed by atoms with E-state index >= 15 is 0 Å². The number of thioether (sulfide) groups is 1. The molecule has 0 heterocycles. The standard InChI is InChI=1S/C10H10O4S/c1-14-8-4-2-7(3-5-8)10(13)15-6-9(11)12/h2-5H,6H2,1H3,(H,11,12). The summed E-state index contributed by atoms with van der Waals surface area (Å²) in [7, 11) is 1.54. The Morgan fingerprint density at radius 2 is 1.93 bits per heavy atom. The van der Waals surface area contributed by atoms with Gasteiger partial charge in [0, 0.05) is 5.56 Å². The van der Waals surface area contributed by atoms with Crippen molar-refractivity contribution >= 4 is 22.8 Å². The molecule has 0 atom stereocenters. The molecule has 4 nitrogen and oxygen atoms in total. The van der Waals surface area contributed by atoms with Gasteiger partial charge in [-0.1, -0.05) is 11.8 Å². The molecular formula is C10H10O4S. The molecule has 1 aromatic rings. The van der Waals surface area contributed by atoms with Gasteiger partial charge in [-0.15, -0.1) is 0 Å². The molecule has 0 aliphatic heterocycles. The summed E-state index contributed by atoms with van der Waals surface area (Å²) in [5.41, 5.74) is 0.474. The maximum absolute atomic E-state index is 11.4. The second-order valence-corrected chi connectivity index (χ2v) is 3.65. The number of aliphatic carboxylic acids is 1. The molecule has 1 N–H and O–H groups in total. The highest BCUT2D eigenvalue weighted by atomic mass is 32.2. The first kappa shape index (κ1) is 11.6. The van der Waals surface area contributed by atoms with Crippen molar-refractivity contribution in [2.75, 3.05) is 12.9 Å². The van der Waals surface area contributed by atoms with Crippen LogP contribution in [0.25, 0.3) is 0 Å². The molecule has 0 amide bonds. The quantitative estimate of drug-likeness (QED) is 0.845. The van der Waals surface area contributed by atoms with Crippen molar-refractivity contribution in [3.63, 3.8) is 0 Å². The highest BCUT2D eigenvalue weighted by Crippen LogP contribution is 2.16. The molecule has 0 bridgehead atoms. The van der Waals surface area contributed by atoms with Gasteiger partial charge in [-0.25, -0.2) is 0 Å². The first-order valence-electron chi connectivity index (χ1n) is 4.16. The Balaban J connectivity index is 2.62. The maximum atomic E-state index is 11.4. The van der Waals surface area contributed by atoms with Gasteiger partial charge >= 0.3 is 5.97 Å². The second kappa shape index (κ2) is 5.41. The van der Waals surface area contributed by atoms with Crippen molar-refractivity contribution in [3.8, 4) is 5.75 Å². The van der Waals surface area contributed by atoms with Crippen LogP contribution in [0.4, 0.5) is 0 Å². The summed E-state index contributed by atoms with van der Waals surface area (Å²) in [5, 5.41) is 8.15. The second-order valence-electron chi connectivity index (χ2n) is 2.70. The van der Waals surface area contributed by atoms with Crippen LogP contribution in [0.1, 0.15) is 10.4 Å². The monoisotopic (exact) mass is 226 g/mol. The van der Waals surface area contributed by atoms with Crippen LogP contribution in [0.3, 0.4) is 0 Å². The Bertz CT molecular complexity index is 358. The predicted molar refractivity (Wildman–Crippen MR) is 57.4 cm³/mol. The molecule has 80 valence electrons. The summed E-state index contributed by atoms with van der Waals surface area (Å²) in [6.07, 6.45) is 0. The molecular weight excluding hydrogens is 216 g/mol. The lowest BCUT2D eigenvalue weighted by Gasteiger charge is -2.01. The third kappa shape index (κ3) is 3.63. The fraction of sp³-hybridized carbons (Fsp3) is 0.200. The summed E-state index contributed by atoms with van der Waals surface area (Å²) >= 11 is 0.772. The number of methoxy groups -OCH3 is 1. The number of carbonyl (C=O) groups excluding carboxylic acids is 1. The highest BCUT2D eigenvalue weighted by Gasteiger charge is 2.08. The first-order valence-corrected chi connectivity index (χ1v) is 5.15. The third-order valence-corrected chi connectivity index (χ3v) is 2.54. The first-order chi connectivity index (χ1) is 7.13. The normalized spacial score (nSPS) is 9.67.